The fourth-order valence-corrected chi connectivity index (χ4v) is 2.78. The summed E-state index contributed by atoms with van der Waals surface area (Å²) in [7, 11) is 0. The van der Waals surface area contributed by atoms with Gasteiger partial charge >= 0.3 is 0 Å². The molecule has 110 valence electrons. The van der Waals surface area contributed by atoms with Gasteiger partial charge in [-0.25, -0.2) is 0 Å². The standard InChI is InChI=1S/C16H19N3O2/c20-15(11-19-9-3-6-16(19)21)17-8-7-12-10-18-14-5-2-1-4-13(12)14/h1-2,4-5,10,18H,3,6-9,11H2,(H,17,20). The maximum absolute atomic E-state index is 11.8. The van der Waals surface area contributed by atoms with Crippen molar-refractivity contribution < 1.29 is 9.59 Å². The number of nitrogens with one attached hydrogen (secondary N) is 2. The summed E-state index contributed by atoms with van der Waals surface area (Å²) in [6.07, 6.45) is 4.20. The van der Waals surface area contributed by atoms with Crippen molar-refractivity contribution >= 4 is 22.7 Å². The minimum absolute atomic E-state index is 0.0786. The Morgan fingerprint density at radius 2 is 2.19 bits per heavy atom. The molecule has 2 N–H and O–H groups in total. The predicted octanol–water partition coefficient (Wildman–Crippen LogP) is 1.45. The molecule has 0 saturated carbocycles. The zero-order valence-electron chi connectivity index (χ0n) is 11.9. The predicted molar refractivity (Wildman–Crippen MR) is 80.8 cm³/mol. The highest BCUT2D eigenvalue weighted by Gasteiger charge is 2.21. The quantitative estimate of drug-likeness (QED) is 0.873. The molecule has 5 heteroatoms. The van der Waals surface area contributed by atoms with Gasteiger partial charge in [0, 0.05) is 36.6 Å². The number of carbonyl (C=O) groups is 2. The summed E-state index contributed by atoms with van der Waals surface area (Å²) in [5.41, 5.74) is 2.31. The lowest BCUT2D eigenvalue weighted by atomic mass is 10.1. The van der Waals surface area contributed by atoms with E-state index in [-0.39, 0.29) is 18.4 Å². The van der Waals surface area contributed by atoms with E-state index in [1.54, 1.807) is 4.90 Å². The van der Waals surface area contributed by atoms with Gasteiger partial charge in [-0.1, -0.05) is 18.2 Å². The van der Waals surface area contributed by atoms with Gasteiger partial charge in [0.15, 0.2) is 0 Å². The maximum Gasteiger partial charge on any atom is 0.239 e. The van der Waals surface area contributed by atoms with Gasteiger partial charge in [0.05, 0.1) is 6.54 Å². The minimum atomic E-state index is -0.0786. The summed E-state index contributed by atoms with van der Waals surface area (Å²) in [5.74, 6) is 0.00636. The third-order valence-electron chi connectivity index (χ3n) is 3.90. The Labute approximate surface area is 123 Å². The second-order valence-corrected chi connectivity index (χ2v) is 5.38. The zero-order valence-corrected chi connectivity index (χ0v) is 11.9. The van der Waals surface area contributed by atoms with E-state index >= 15 is 0 Å². The Bertz CT molecular complexity index is 662. The number of amides is 2. The van der Waals surface area contributed by atoms with Gasteiger partial charge in [0.1, 0.15) is 0 Å². The molecular formula is C16H19N3O2. The first-order valence-electron chi connectivity index (χ1n) is 7.33. The molecule has 5 nitrogen and oxygen atoms in total. The van der Waals surface area contributed by atoms with E-state index < -0.39 is 0 Å². The average molecular weight is 285 g/mol. The summed E-state index contributed by atoms with van der Waals surface area (Å²) in [6, 6.07) is 8.12. The number of para-hydroxylation sites is 1. The van der Waals surface area contributed by atoms with Gasteiger partial charge in [-0.2, -0.15) is 0 Å². The number of aromatic nitrogens is 1. The highest BCUT2D eigenvalue weighted by atomic mass is 16.2. The first-order chi connectivity index (χ1) is 10.2. The van der Waals surface area contributed by atoms with Crippen LogP contribution in [0.1, 0.15) is 18.4 Å². The molecule has 0 bridgehead atoms. The summed E-state index contributed by atoms with van der Waals surface area (Å²) in [6.45, 7) is 1.48. The van der Waals surface area contributed by atoms with Gasteiger partial charge in [-0.15, -0.1) is 0 Å². The van der Waals surface area contributed by atoms with Crippen LogP contribution in [0.15, 0.2) is 30.5 Å². The molecule has 2 aromatic rings. The number of aromatic amines is 1. The normalized spacial score (nSPS) is 14.9. The van der Waals surface area contributed by atoms with Crippen molar-refractivity contribution in [3.05, 3.63) is 36.0 Å². The average Bonchev–Trinajstić information content (AvgIpc) is 3.07. The smallest absolute Gasteiger partial charge is 0.239 e. The fourth-order valence-electron chi connectivity index (χ4n) is 2.78. The van der Waals surface area contributed by atoms with Crippen molar-refractivity contribution in [1.29, 1.82) is 0 Å². The van der Waals surface area contributed by atoms with Crippen LogP contribution in [-0.2, 0) is 16.0 Å². The summed E-state index contributed by atoms with van der Waals surface area (Å²) >= 11 is 0. The molecular weight excluding hydrogens is 266 g/mol. The highest BCUT2D eigenvalue weighted by Crippen LogP contribution is 2.17. The number of rotatable bonds is 5. The van der Waals surface area contributed by atoms with E-state index in [4.69, 9.17) is 0 Å². The molecule has 1 fully saturated rings. The van der Waals surface area contributed by atoms with Crippen LogP contribution in [0.4, 0.5) is 0 Å². The number of nitrogens with zero attached hydrogens (tertiary/aromatic N) is 1. The van der Waals surface area contributed by atoms with Gasteiger partial charge in [0.25, 0.3) is 0 Å². The maximum atomic E-state index is 11.8. The molecule has 0 spiro atoms. The Hall–Kier alpha value is -2.30. The lowest BCUT2D eigenvalue weighted by Crippen LogP contribution is -2.38. The molecule has 21 heavy (non-hydrogen) atoms. The van der Waals surface area contributed by atoms with Gasteiger partial charge in [-0.05, 0) is 24.5 Å². The van der Waals surface area contributed by atoms with E-state index in [2.05, 4.69) is 16.4 Å². The second-order valence-electron chi connectivity index (χ2n) is 5.38. The van der Waals surface area contributed by atoms with E-state index in [9.17, 15) is 9.59 Å². The van der Waals surface area contributed by atoms with Crippen molar-refractivity contribution in [2.45, 2.75) is 19.3 Å². The molecule has 1 aromatic carbocycles. The molecule has 3 rings (SSSR count). The molecule has 1 aliphatic rings. The fraction of sp³-hybridized carbons (Fsp3) is 0.375. The van der Waals surface area contributed by atoms with Crippen LogP contribution in [0.3, 0.4) is 0 Å². The van der Waals surface area contributed by atoms with Crippen LogP contribution in [0.25, 0.3) is 10.9 Å². The van der Waals surface area contributed by atoms with Crippen LogP contribution >= 0.6 is 0 Å². The van der Waals surface area contributed by atoms with Crippen molar-refractivity contribution in [1.82, 2.24) is 15.2 Å². The first-order valence-corrected chi connectivity index (χ1v) is 7.33. The number of hydrogen-bond donors (Lipinski definition) is 2. The van der Waals surface area contributed by atoms with Crippen molar-refractivity contribution in [2.24, 2.45) is 0 Å². The molecule has 0 unspecified atom stereocenters. The Balaban J connectivity index is 1.49. The number of carbonyl (C=O) groups excluding carboxylic acids is 2. The number of hydrogen-bond acceptors (Lipinski definition) is 2. The summed E-state index contributed by atoms with van der Waals surface area (Å²) in [4.78, 5) is 28.1. The molecule has 0 aliphatic carbocycles. The number of likely N-dealkylation sites (tertiary alicyclic amines) is 1. The van der Waals surface area contributed by atoms with E-state index in [1.165, 1.54) is 10.9 Å². The van der Waals surface area contributed by atoms with Gasteiger partial charge in [0.2, 0.25) is 11.8 Å². The van der Waals surface area contributed by atoms with Gasteiger partial charge in [-0.3, -0.25) is 9.59 Å². The van der Waals surface area contributed by atoms with E-state index in [0.717, 1.165) is 18.4 Å². The van der Waals surface area contributed by atoms with Crippen molar-refractivity contribution in [3.8, 4) is 0 Å². The minimum Gasteiger partial charge on any atom is -0.361 e. The Morgan fingerprint density at radius 3 is 3.00 bits per heavy atom. The molecule has 1 aromatic heterocycles. The first kappa shape index (κ1) is 13.7. The van der Waals surface area contributed by atoms with Crippen LogP contribution in [0, 0.1) is 0 Å². The van der Waals surface area contributed by atoms with Crippen LogP contribution in [0.2, 0.25) is 0 Å². The SMILES string of the molecule is O=C(CN1CCCC1=O)NCCc1c[nH]c2ccccc12. The van der Waals surface area contributed by atoms with Crippen molar-refractivity contribution in [3.63, 3.8) is 0 Å². The lowest BCUT2D eigenvalue weighted by Gasteiger charge is -2.14. The molecule has 0 atom stereocenters. The van der Waals surface area contributed by atoms with E-state index in [1.807, 2.05) is 24.4 Å². The second kappa shape index (κ2) is 5.99. The monoisotopic (exact) mass is 285 g/mol. The molecule has 1 saturated heterocycles. The van der Waals surface area contributed by atoms with Crippen LogP contribution in [0.5, 0.6) is 0 Å². The zero-order chi connectivity index (χ0) is 14.7. The lowest BCUT2D eigenvalue weighted by molar-refractivity contribution is -0.133. The van der Waals surface area contributed by atoms with Crippen LogP contribution in [-0.4, -0.2) is 41.3 Å². The topological polar surface area (TPSA) is 65.2 Å². The van der Waals surface area contributed by atoms with E-state index in [0.29, 0.717) is 19.5 Å². The summed E-state index contributed by atoms with van der Waals surface area (Å²) in [5, 5.41) is 4.08. The number of H-pyrrole nitrogens is 1. The third-order valence-corrected chi connectivity index (χ3v) is 3.90. The molecule has 1 aliphatic heterocycles. The summed E-state index contributed by atoms with van der Waals surface area (Å²) < 4.78 is 0. The Kier molecular flexibility index (Phi) is 3.90. The molecule has 0 radical (unpaired) electrons. The largest absolute Gasteiger partial charge is 0.361 e. The van der Waals surface area contributed by atoms with Crippen molar-refractivity contribution in [2.75, 3.05) is 19.6 Å². The number of benzene rings is 1. The third kappa shape index (κ3) is 3.07. The Morgan fingerprint density at radius 1 is 1.33 bits per heavy atom. The number of fused-ring (bicyclic) bond motifs is 1. The molecule has 2 amide bonds. The molecule has 2 heterocycles. The highest BCUT2D eigenvalue weighted by molar-refractivity contribution is 5.86. The van der Waals surface area contributed by atoms with Crippen LogP contribution < -0.4 is 5.32 Å². The van der Waals surface area contributed by atoms with Gasteiger partial charge < -0.3 is 15.2 Å².